The second-order valence-corrected chi connectivity index (χ2v) is 5.93. The summed E-state index contributed by atoms with van der Waals surface area (Å²) in [6.45, 7) is 22.4. The average molecular weight is 320 g/mol. The smallest absolute Gasteiger partial charge is 0.147 e. The summed E-state index contributed by atoms with van der Waals surface area (Å²) >= 11 is 0. The Labute approximate surface area is 144 Å². The minimum absolute atomic E-state index is 0.495. The highest BCUT2D eigenvalue weighted by molar-refractivity contribution is 6.09. The van der Waals surface area contributed by atoms with Gasteiger partial charge in [0.05, 0.1) is 17.1 Å². The number of nitrogens with zero attached hydrogens (tertiary/aromatic N) is 3. The van der Waals surface area contributed by atoms with Gasteiger partial charge >= 0.3 is 0 Å². The van der Waals surface area contributed by atoms with E-state index in [2.05, 4.69) is 73.9 Å². The number of allylic oxidation sites excluding steroid dienone is 2. The van der Waals surface area contributed by atoms with Gasteiger partial charge in [0.2, 0.25) is 0 Å². The van der Waals surface area contributed by atoms with E-state index in [1.54, 1.807) is 5.01 Å². The molecule has 124 valence electrons. The van der Waals surface area contributed by atoms with Crippen LogP contribution in [0.2, 0.25) is 0 Å². The summed E-state index contributed by atoms with van der Waals surface area (Å²) in [6, 6.07) is 6.42. The minimum Gasteiger partial charge on any atom is -0.380 e. The maximum Gasteiger partial charge on any atom is 0.147 e. The van der Waals surface area contributed by atoms with Crippen LogP contribution in [-0.2, 0) is 6.54 Å². The molecule has 1 aliphatic heterocycles. The first kappa shape index (κ1) is 17.5. The highest BCUT2D eigenvalue weighted by Crippen LogP contribution is 2.24. The zero-order valence-electron chi connectivity index (χ0n) is 14.7. The molecule has 0 unspecified atom stereocenters. The van der Waals surface area contributed by atoms with Crippen LogP contribution in [0.25, 0.3) is 0 Å². The van der Waals surface area contributed by atoms with Crippen LogP contribution in [0.5, 0.6) is 0 Å². The van der Waals surface area contributed by atoms with Gasteiger partial charge in [0.25, 0.3) is 0 Å². The van der Waals surface area contributed by atoms with Crippen molar-refractivity contribution in [2.24, 2.45) is 10.1 Å². The number of nitrogens with one attached hydrogen (secondary N) is 1. The second-order valence-electron chi connectivity index (χ2n) is 5.93. The van der Waals surface area contributed by atoms with E-state index in [-0.39, 0.29) is 0 Å². The zero-order chi connectivity index (χ0) is 17.9. The Kier molecular flexibility index (Phi) is 5.19. The predicted molar refractivity (Wildman–Crippen MR) is 103 cm³/mol. The van der Waals surface area contributed by atoms with E-state index >= 15 is 0 Å². The normalized spacial score (nSPS) is 14.0. The number of hydrazone groups is 1. The molecule has 4 heteroatoms. The van der Waals surface area contributed by atoms with Crippen LogP contribution in [-0.4, -0.2) is 17.4 Å². The molecule has 1 aliphatic rings. The Morgan fingerprint density at radius 3 is 2.54 bits per heavy atom. The van der Waals surface area contributed by atoms with Gasteiger partial charge in [-0.05, 0) is 49.1 Å². The van der Waals surface area contributed by atoms with Crippen molar-refractivity contribution >= 4 is 12.4 Å². The number of hydrogen-bond acceptors (Lipinski definition) is 4. The van der Waals surface area contributed by atoms with Crippen molar-refractivity contribution < 1.29 is 0 Å². The third kappa shape index (κ3) is 3.71. The molecule has 4 nitrogen and oxygen atoms in total. The van der Waals surface area contributed by atoms with E-state index < -0.39 is 0 Å². The maximum atomic E-state index is 4.45. The van der Waals surface area contributed by atoms with Gasteiger partial charge in [-0.25, -0.2) is 10.0 Å². The van der Waals surface area contributed by atoms with Crippen molar-refractivity contribution in [2.75, 3.05) is 0 Å². The Balaban J connectivity index is 2.14. The molecule has 1 aromatic rings. The molecular formula is C20H24N4. The molecule has 0 aromatic heterocycles. The molecular weight excluding hydrogens is 296 g/mol. The monoisotopic (exact) mass is 320 g/mol. The van der Waals surface area contributed by atoms with Gasteiger partial charge in [0, 0.05) is 13.3 Å². The molecule has 0 bridgehead atoms. The van der Waals surface area contributed by atoms with Crippen molar-refractivity contribution in [3.8, 4) is 0 Å². The summed E-state index contributed by atoms with van der Waals surface area (Å²) < 4.78 is 0. The number of aliphatic imine (C=N–C) groups is 1. The number of rotatable bonds is 6. The van der Waals surface area contributed by atoms with Crippen molar-refractivity contribution in [3.05, 3.63) is 83.5 Å². The molecule has 2 rings (SSSR count). The summed E-state index contributed by atoms with van der Waals surface area (Å²) in [5.74, 6) is 0.495. The minimum atomic E-state index is 0.495. The lowest BCUT2D eigenvalue weighted by Gasteiger charge is -2.26. The first-order chi connectivity index (χ1) is 11.3. The predicted octanol–water partition coefficient (Wildman–Crippen LogP) is 4.21. The summed E-state index contributed by atoms with van der Waals surface area (Å²) in [7, 11) is 0. The molecule has 0 spiro atoms. The van der Waals surface area contributed by atoms with Crippen LogP contribution >= 0.6 is 0 Å². The first-order valence-corrected chi connectivity index (χ1v) is 7.74. The molecule has 1 aromatic carbocycles. The zero-order valence-corrected chi connectivity index (χ0v) is 14.7. The largest absolute Gasteiger partial charge is 0.380 e. The van der Waals surface area contributed by atoms with Crippen molar-refractivity contribution in [1.82, 2.24) is 10.3 Å². The molecule has 0 fully saturated rings. The molecule has 0 radical (unpaired) electrons. The van der Waals surface area contributed by atoms with Crippen LogP contribution in [0, 0.1) is 13.8 Å². The second kappa shape index (κ2) is 7.13. The van der Waals surface area contributed by atoms with Crippen LogP contribution in [0.1, 0.15) is 23.6 Å². The summed E-state index contributed by atoms with van der Waals surface area (Å²) in [6.07, 6.45) is 1.89. The maximum absolute atomic E-state index is 4.45. The molecule has 0 saturated heterocycles. The molecule has 1 heterocycles. The standard InChI is InChI=1S/C20H24N4/c1-13(2)20-11-19(23-17(6)24(20)21-7)16(5)22-12-18-9-8-14(3)15(4)10-18/h8-11,22H,1,5-7,12H2,2-4H3. The summed E-state index contributed by atoms with van der Waals surface area (Å²) in [5.41, 5.74) is 6.90. The SMILES string of the molecule is C=NN1C(=C)N=C(C(=C)NCc2ccc(C)c(C)c2)C=C1C(=C)C. The molecule has 0 saturated carbocycles. The highest BCUT2D eigenvalue weighted by atomic mass is 15.5. The number of benzene rings is 1. The molecule has 0 atom stereocenters. The average Bonchev–Trinajstić information content (AvgIpc) is 2.54. The summed E-state index contributed by atoms with van der Waals surface area (Å²) in [5, 5.41) is 8.83. The third-order valence-corrected chi connectivity index (χ3v) is 3.96. The van der Waals surface area contributed by atoms with Gasteiger partial charge in [-0.2, -0.15) is 5.10 Å². The third-order valence-electron chi connectivity index (χ3n) is 3.96. The van der Waals surface area contributed by atoms with E-state index in [0.717, 1.165) is 22.7 Å². The first-order valence-electron chi connectivity index (χ1n) is 7.74. The summed E-state index contributed by atoms with van der Waals surface area (Å²) in [4.78, 5) is 4.45. The molecule has 1 N–H and O–H groups in total. The molecule has 0 aliphatic carbocycles. The molecule has 0 amide bonds. The van der Waals surface area contributed by atoms with E-state index in [1.807, 2.05) is 13.0 Å². The van der Waals surface area contributed by atoms with Gasteiger partial charge in [0.15, 0.2) is 0 Å². The van der Waals surface area contributed by atoms with E-state index in [0.29, 0.717) is 12.4 Å². The van der Waals surface area contributed by atoms with Gasteiger partial charge < -0.3 is 5.32 Å². The Morgan fingerprint density at radius 2 is 1.96 bits per heavy atom. The fraction of sp³-hybridized carbons (Fsp3) is 0.200. The Hall–Kier alpha value is -2.88. The number of aryl methyl sites for hydroxylation is 2. The van der Waals surface area contributed by atoms with E-state index in [9.17, 15) is 0 Å². The lowest BCUT2D eigenvalue weighted by molar-refractivity contribution is 0.460. The van der Waals surface area contributed by atoms with E-state index in [4.69, 9.17) is 0 Å². The fourth-order valence-corrected chi connectivity index (χ4v) is 2.38. The van der Waals surface area contributed by atoms with Crippen molar-refractivity contribution in [2.45, 2.75) is 27.3 Å². The van der Waals surface area contributed by atoms with Gasteiger partial charge in [-0.15, -0.1) is 0 Å². The van der Waals surface area contributed by atoms with Gasteiger partial charge in [0.1, 0.15) is 5.82 Å². The van der Waals surface area contributed by atoms with Crippen molar-refractivity contribution in [1.29, 1.82) is 0 Å². The lowest BCUT2D eigenvalue weighted by Crippen LogP contribution is -2.25. The topological polar surface area (TPSA) is 40.0 Å². The quantitative estimate of drug-likeness (QED) is 0.798. The van der Waals surface area contributed by atoms with Crippen LogP contribution < -0.4 is 5.32 Å². The lowest BCUT2D eigenvalue weighted by atomic mass is 10.1. The molecule has 24 heavy (non-hydrogen) atoms. The van der Waals surface area contributed by atoms with Crippen LogP contribution in [0.3, 0.4) is 0 Å². The van der Waals surface area contributed by atoms with Gasteiger partial charge in [-0.3, -0.25) is 0 Å². The number of hydrogen-bond donors (Lipinski definition) is 1. The van der Waals surface area contributed by atoms with Gasteiger partial charge in [-0.1, -0.05) is 37.9 Å². The van der Waals surface area contributed by atoms with Crippen LogP contribution in [0.4, 0.5) is 0 Å². The highest BCUT2D eigenvalue weighted by Gasteiger charge is 2.19. The van der Waals surface area contributed by atoms with Crippen molar-refractivity contribution in [3.63, 3.8) is 0 Å². The Bertz CT molecular complexity index is 781. The Morgan fingerprint density at radius 1 is 1.25 bits per heavy atom. The fourth-order valence-electron chi connectivity index (χ4n) is 2.38. The van der Waals surface area contributed by atoms with E-state index in [1.165, 1.54) is 16.7 Å². The van der Waals surface area contributed by atoms with Crippen LogP contribution in [0.15, 0.2) is 76.9 Å².